The Labute approximate surface area is 137 Å². The van der Waals surface area contributed by atoms with Crippen molar-refractivity contribution in [3.05, 3.63) is 32.0 Å². The topological polar surface area (TPSA) is 59.1 Å². The Kier molecular flexibility index (Phi) is 4.66. The number of hydrogen-bond acceptors (Lipinski definition) is 5. The first-order valence-electron chi connectivity index (χ1n) is 6.77. The monoisotopic (exact) mass is 362 g/mol. The van der Waals surface area contributed by atoms with Gasteiger partial charge in [0.2, 0.25) is 10.0 Å². The van der Waals surface area contributed by atoms with Crippen molar-refractivity contribution >= 4 is 44.3 Å². The third-order valence-corrected chi connectivity index (χ3v) is 7.74. The summed E-state index contributed by atoms with van der Waals surface area (Å²) in [6.45, 7) is 0.365. The summed E-state index contributed by atoms with van der Waals surface area (Å²) in [5, 5.41) is 1.02. The van der Waals surface area contributed by atoms with Gasteiger partial charge in [-0.15, -0.1) is 22.7 Å². The lowest BCUT2D eigenvalue weighted by atomic mass is 10.0. The molecule has 1 N–H and O–H groups in total. The van der Waals surface area contributed by atoms with E-state index in [2.05, 4.69) is 9.71 Å². The second-order valence-corrected chi connectivity index (χ2v) is 9.77. The molecule has 0 saturated carbocycles. The number of rotatable bonds is 5. The third-order valence-electron chi connectivity index (χ3n) is 3.33. The molecule has 1 aliphatic carbocycles. The van der Waals surface area contributed by atoms with E-state index in [1.807, 2.05) is 0 Å². The highest BCUT2D eigenvalue weighted by Crippen LogP contribution is 2.27. The SMILES string of the molecule is O=S(=O)(NCCc1nc2c(s1)CCCC2)c1ccc(Cl)s1. The molecule has 0 unspecified atom stereocenters. The molecular weight excluding hydrogens is 348 g/mol. The van der Waals surface area contributed by atoms with Gasteiger partial charge >= 0.3 is 0 Å². The molecule has 2 heterocycles. The van der Waals surface area contributed by atoms with Gasteiger partial charge in [0.25, 0.3) is 0 Å². The average molecular weight is 363 g/mol. The standard InChI is InChI=1S/C13H15ClN2O2S3/c14-11-5-6-13(20-11)21(17,18)15-8-7-12-16-9-3-1-2-4-10(9)19-12/h5-6,15H,1-4,7-8H2. The molecule has 0 amide bonds. The Morgan fingerprint density at radius 1 is 1.24 bits per heavy atom. The summed E-state index contributed by atoms with van der Waals surface area (Å²) in [7, 11) is -3.45. The van der Waals surface area contributed by atoms with Crippen molar-refractivity contribution in [2.24, 2.45) is 0 Å². The summed E-state index contributed by atoms with van der Waals surface area (Å²) < 4.78 is 27.4. The quantitative estimate of drug-likeness (QED) is 0.888. The minimum atomic E-state index is -3.45. The second kappa shape index (κ2) is 6.34. The van der Waals surface area contributed by atoms with Crippen LogP contribution in [0.3, 0.4) is 0 Å². The molecule has 0 atom stereocenters. The fraction of sp³-hybridized carbons (Fsp3) is 0.462. The maximum absolute atomic E-state index is 12.1. The highest BCUT2D eigenvalue weighted by Gasteiger charge is 2.18. The van der Waals surface area contributed by atoms with E-state index in [1.54, 1.807) is 17.4 Å². The number of hydrogen-bond donors (Lipinski definition) is 1. The molecule has 0 aliphatic heterocycles. The number of nitrogens with zero attached hydrogens (tertiary/aromatic N) is 1. The molecule has 0 aromatic carbocycles. The Morgan fingerprint density at radius 2 is 2.05 bits per heavy atom. The van der Waals surface area contributed by atoms with Crippen LogP contribution in [0.15, 0.2) is 16.3 Å². The molecule has 0 saturated heterocycles. The predicted molar refractivity (Wildman–Crippen MR) is 87.0 cm³/mol. The molecular formula is C13H15ClN2O2S3. The fourth-order valence-corrected chi connectivity index (χ4v) is 6.03. The number of aromatic nitrogens is 1. The van der Waals surface area contributed by atoms with Crippen molar-refractivity contribution in [3.63, 3.8) is 0 Å². The normalized spacial score (nSPS) is 15.1. The van der Waals surface area contributed by atoms with Crippen molar-refractivity contribution < 1.29 is 8.42 Å². The molecule has 0 bridgehead atoms. The van der Waals surface area contributed by atoms with Crippen LogP contribution < -0.4 is 4.72 Å². The van der Waals surface area contributed by atoms with Crippen LogP contribution in [0.4, 0.5) is 0 Å². The van der Waals surface area contributed by atoms with Crippen molar-refractivity contribution in [3.8, 4) is 0 Å². The molecule has 2 aromatic rings. The lowest BCUT2D eigenvalue weighted by molar-refractivity contribution is 0.583. The van der Waals surface area contributed by atoms with E-state index < -0.39 is 10.0 Å². The first-order chi connectivity index (χ1) is 10.0. The second-order valence-electron chi connectivity index (χ2n) is 4.89. The summed E-state index contributed by atoms with van der Waals surface area (Å²) in [5.41, 5.74) is 1.22. The van der Waals surface area contributed by atoms with E-state index in [9.17, 15) is 8.42 Å². The zero-order chi connectivity index (χ0) is 14.9. The van der Waals surface area contributed by atoms with Crippen molar-refractivity contribution in [2.75, 3.05) is 6.54 Å². The lowest BCUT2D eigenvalue weighted by Gasteiger charge is -2.06. The van der Waals surface area contributed by atoms with Gasteiger partial charge in [-0.25, -0.2) is 18.1 Å². The first-order valence-corrected chi connectivity index (χ1v) is 10.3. The van der Waals surface area contributed by atoms with Crippen LogP contribution in [0.1, 0.15) is 28.4 Å². The fourth-order valence-electron chi connectivity index (χ4n) is 2.32. The lowest BCUT2D eigenvalue weighted by Crippen LogP contribution is -2.25. The van der Waals surface area contributed by atoms with Crippen LogP contribution in [-0.4, -0.2) is 19.9 Å². The molecule has 3 rings (SSSR count). The Morgan fingerprint density at radius 3 is 2.76 bits per heavy atom. The minimum Gasteiger partial charge on any atom is -0.246 e. The van der Waals surface area contributed by atoms with Gasteiger partial charge in [0.1, 0.15) is 4.21 Å². The van der Waals surface area contributed by atoms with Crippen LogP contribution in [0, 0.1) is 0 Å². The summed E-state index contributed by atoms with van der Waals surface area (Å²) in [4.78, 5) is 5.99. The highest BCUT2D eigenvalue weighted by atomic mass is 35.5. The largest absolute Gasteiger partial charge is 0.250 e. The Hall–Kier alpha value is -0.470. The summed E-state index contributed by atoms with van der Waals surface area (Å²) in [5.74, 6) is 0. The molecule has 0 radical (unpaired) electrons. The van der Waals surface area contributed by atoms with E-state index in [0.717, 1.165) is 29.2 Å². The predicted octanol–water partition coefficient (Wildman–Crippen LogP) is 3.26. The maximum atomic E-state index is 12.1. The highest BCUT2D eigenvalue weighted by molar-refractivity contribution is 7.91. The van der Waals surface area contributed by atoms with E-state index >= 15 is 0 Å². The van der Waals surface area contributed by atoms with Crippen molar-refractivity contribution in [1.82, 2.24) is 9.71 Å². The number of nitrogens with one attached hydrogen (secondary N) is 1. The average Bonchev–Trinajstić information content (AvgIpc) is 3.04. The molecule has 8 heteroatoms. The third kappa shape index (κ3) is 3.65. The van der Waals surface area contributed by atoms with Gasteiger partial charge in [0.15, 0.2) is 0 Å². The van der Waals surface area contributed by atoms with Gasteiger partial charge in [-0.1, -0.05) is 11.6 Å². The van der Waals surface area contributed by atoms with E-state index in [0.29, 0.717) is 17.3 Å². The van der Waals surface area contributed by atoms with Gasteiger partial charge in [0, 0.05) is 17.8 Å². The Balaban J connectivity index is 1.59. The van der Waals surface area contributed by atoms with E-state index in [1.165, 1.54) is 29.5 Å². The molecule has 0 spiro atoms. The zero-order valence-corrected chi connectivity index (χ0v) is 14.5. The summed E-state index contributed by atoms with van der Waals surface area (Å²) >= 11 is 8.56. The number of halogens is 1. The molecule has 21 heavy (non-hydrogen) atoms. The van der Waals surface area contributed by atoms with Gasteiger partial charge in [-0.2, -0.15) is 0 Å². The van der Waals surface area contributed by atoms with Crippen LogP contribution in [0.5, 0.6) is 0 Å². The van der Waals surface area contributed by atoms with Gasteiger partial charge in [-0.05, 0) is 37.8 Å². The maximum Gasteiger partial charge on any atom is 0.250 e. The van der Waals surface area contributed by atoms with Crippen molar-refractivity contribution in [2.45, 2.75) is 36.3 Å². The number of thiophene rings is 1. The van der Waals surface area contributed by atoms with E-state index in [4.69, 9.17) is 11.6 Å². The minimum absolute atomic E-state index is 0.255. The number of fused-ring (bicyclic) bond motifs is 1. The van der Waals surface area contributed by atoms with Gasteiger partial charge < -0.3 is 0 Å². The number of sulfonamides is 1. The van der Waals surface area contributed by atoms with Crippen LogP contribution in [0.25, 0.3) is 0 Å². The number of aryl methyl sites for hydroxylation is 2. The van der Waals surface area contributed by atoms with Crippen molar-refractivity contribution in [1.29, 1.82) is 0 Å². The van der Waals surface area contributed by atoms with Gasteiger partial charge in [-0.3, -0.25) is 0 Å². The Bertz CT molecular complexity index is 713. The molecule has 2 aromatic heterocycles. The first kappa shape index (κ1) is 15.4. The number of thiazole rings is 1. The smallest absolute Gasteiger partial charge is 0.246 e. The van der Waals surface area contributed by atoms with Gasteiger partial charge in [0.05, 0.1) is 15.0 Å². The summed E-state index contributed by atoms with van der Waals surface area (Å²) in [6.07, 6.45) is 5.26. The molecule has 4 nitrogen and oxygen atoms in total. The molecule has 114 valence electrons. The van der Waals surface area contributed by atoms with Crippen LogP contribution >= 0.6 is 34.3 Å². The zero-order valence-electron chi connectivity index (χ0n) is 11.3. The summed E-state index contributed by atoms with van der Waals surface area (Å²) in [6, 6.07) is 3.12. The molecule has 0 fully saturated rings. The molecule has 1 aliphatic rings. The van der Waals surface area contributed by atoms with Crippen LogP contribution in [-0.2, 0) is 29.3 Å². The van der Waals surface area contributed by atoms with E-state index in [-0.39, 0.29) is 4.21 Å². The van der Waals surface area contributed by atoms with Crippen LogP contribution in [0.2, 0.25) is 4.34 Å².